The molecule has 22 heteroatoms. The predicted molar refractivity (Wildman–Crippen MR) is 243 cm³/mol. The average Bonchev–Trinajstić information content (AvgIpc) is 3.23. The third-order valence-electron chi connectivity index (χ3n) is 10.8. The Kier molecular flexibility index (Phi) is 33.9. The number of allylic oxidation sites excluding steroid dienone is 4. The van der Waals surface area contributed by atoms with Crippen molar-refractivity contribution in [3.05, 3.63) is 24.3 Å². The summed E-state index contributed by atoms with van der Waals surface area (Å²) in [4.78, 5) is 73.1. The summed E-state index contributed by atoms with van der Waals surface area (Å²) >= 11 is 0. The molecule has 65 heavy (non-hydrogen) atoms. The van der Waals surface area contributed by atoms with E-state index in [0.29, 0.717) is 12.8 Å². The van der Waals surface area contributed by atoms with E-state index in [0.717, 1.165) is 77.0 Å². The highest BCUT2D eigenvalue weighted by Gasteiger charge is 2.56. The lowest BCUT2D eigenvalue weighted by molar-refractivity contribution is -0.213. The van der Waals surface area contributed by atoms with Crippen molar-refractivity contribution in [1.82, 2.24) is 0 Å². The number of rotatable bonds is 40. The fourth-order valence-corrected chi connectivity index (χ4v) is 9.30. The van der Waals surface area contributed by atoms with Crippen molar-refractivity contribution < 1.29 is 90.6 Å². The van der Waals surface area contributed by atoms with Crippen LogP contribution in [0, 0.1) is 0 Å². The van der Waals surface area contributed by atoms with Gasteiger partial charge in [0.2, 0.25) is 0 Å². The van der Waals surface area contributed by atoms with Gasteiger partial charge in [-0.1, -0.05) is 147 Å². The lowest BCUT2D eigenvalue weighted by Gasteiger charge is -2.44. The van der Waals surface area contributed by atoms with Crippen LogP contribution in [0.2, 0.25) is 0 Å². The van der Waals surface area contributed by atoms with Crippen molar-refractivity contribution in [1.29, 1.82) is 0 Å². The number of phosphoric ester groups is 3. The molecule has 8 N–H and O–H groups in total. The molecule has 1 aliphatic rings. The summed E-state index contributed by atoms with van der Waals surface area (Å²) in [7, 11) is -16.6. The summed E-state index contributed by atoms with van der Waals surface area (Å²) in [6.07, 6.45) is 17.7. The monoisotopic (exact) mass is 994 g/mol. The lowest BCUT2D eigenvalue weighted by Crippen LogP contribution is -2.65. The number of carbonyl (C=O) groups is 2. The van der Waals surface area contributed by atoms with Gasteiger partial charge < -0.3 is 49.3 Å². The van der Waals surface area contributed by atoms with Gasteiger partial charge in [0.05, 0.1) is 6.61 Å². The Morgan fingerprint density at radius 1 is 0.492 bits per heavy atom. The van der Waals surface area contributed by atoms with E-state index in [1.165, 1.54) is 64.2 Å². The normalized spacial score (nSPS) is 22.1. The largest absolute Gasteiger partial charge is 0.472 e. The number of esters is 2. The first-order valence-electron chi connectivity index (χ1n) is 23.6. The highest BCUT2D eigenvalue weighted by atomic mass is 31.2. The standard InChI is InChI=1S/C43H81O19P3/c1-3-5-7-9-11-13-15-17-18-20-21-23-25-27-29-31-36(44)57-33-35(59-37(45)32-30-28-26-24-22-19-16-14-12-10-8-6-4-2)34-58-65(55,56)62-41-38(46)39(47)42(60-63(49,50)51)43(40(41)48)61-64(52,53)54/h11,13,17-18,35,38-43,46-48H,3-10,12,14-16,19-34H2,1-2H3,(H,55,56)(H2,49,50,51)(H2,52,53,54). The fourth-order valence-electron chi connectivity index (χ4n) is 7.20. The molecular formula is C43H81O19P3. The average molecular weight is 995 g/mol. The molecule has 1 saturated carbocycles. The molecule has 0 spiro atoms. The zero-order valence-electron chi connectivity index (χ0n) is 38.6. The minimum Gasteiger partial charge on any atom is -0.462 e. The Labute approximate surface area is 386 Å². The zero-order valence-corrected chi connectivity index (χ0v) is 41.2. The minimum absolute atomic E-state index is 0.00138. The predicted octanol–water partition coefficient (Wildman–Crippen LogP) is 8.29. The summed E-state index contributed by atoms with van der Waals surface area (Å²) in [5.74, 6) is -1.31. The molecule has 1 fully saturated rings. The van der Waals surface area contributed by atoms with E-state index in [-0.39, 0.29) is 12.8 Å². The molecular weight excluding hydrogens is 913 g/mol. The van der Waals surface area contributed by atoms with Crippen molar-refractivity contribution in [2.24, 2.45) is 0 Å². The number of ether oxygens (including phenoxy) is 2. The lowest BCUT2D eigenvalue weighted by atomic mass is 9.85. The topological polar surface area (TPSA) is 303 Å². The smallest absolute Gasteiger partial charge is 0.462 e. The van der Waals surface area contributed by atoms with Gasteiger partial charge in [-0.25, -0.2) is 13.7 Å². The first-order valence-corrected chi connectivity index (χ1v) is 28.2. The van der Waals surface area contributed by atoms with Crippen molar-refractivity contribution in [3.63, 3.8) is 0 Å². The quantitative estimate of drug-likeness (QED) is 0.0124. The van der Waals surface area contributed by atoms with Gasteiger partial charge in [-0.05, 0) is 44.9 Å². The Morgan fingerprint density at radius 3 is 1.38 bits per heavy atom. The second-order valence-electron chi connectivity index (χ2n) is 16.7. The fraction of sp³-hybridized carbons (Fsp3) is 0.860. The molecule has 0 aliphatic heterocycles. The Bertz CT molecular complexity index is 1470. The van der Waals surface area contributed by atoms with E-state index >= 15 is 0 Å². The maximum atomic E-state index is 13.1. The molecule has 8 unspecified atom stereocenters. The summed E-state index contributed by atoms with van der Waals surface area (Å²) in [5.41, 5.74) is 0. The molecule has 0 aromatic carbocycles. The van der Waals surface area contributed by atoms with Gasteiger partial charge in [0.1, 0.15) is 43.2 Å². The van der Waals surface area contributed by atoms with Gasteiger partial charge in [-0.3, -0.25) is 27.7 Å². The SMILES string of the molecule is CCCCCC=CCC=CCCCCCCCC(=O)OCC(COP(=O)(O)OC1C(O)C(O)C(OP(=O)(O)O)C(OP(=O)(O)O)C1O)OC(=O)CCCCCCCCCCCCCCC. The molecule has 0 saturated heterocycles. The van der Waals surface area contributed by atoms with Gasteiger partial charge in [-0.2, -0.15) is 0 Å². The van der Waals surface area contributed by atoms with E-state index in [9.17, 15) is 63.1 Å². The number of carbonyl (C=O) groups excluding carboxylic acids is 2. The Morgan fingerprint density at radius 2 is 0.892 bits per heavy atom. The maximum absolute atomic E-state index is 13.1. The van der Waals surface area contributed by atoms with E-state index in [1.54, 1.807) is 0 Å². The zero-order chi connectivity index (χ0) is 48.6. The molecule has 0 bridgehead atoms. The first-order chi connectivity index (χ1) is 30.8. The molecule has 382 valence electrons. The van der Waals surface area contributed by atoms with Gasteiger partial charge in [0.15, 0.2) is 6.10 Å². The molecule has 1 rings (SSSR count). The van der Waals surface area contributed by atoms with Crippen LogP contribution in [0.5, 0.6) is 0 Å². The van der Waals surface area contributed by atoms with Gasteiger partial charge in [0.25, 0.3) is 0 Å². The summed E-state index contributed by atoms with van der Waals surface area (Å²) in [5, 5.41) is 31.8. The van der Waals surface area contributed by atoms with Gasteiger partial charge >= 0.3 is 35.4 Å². The third-order valence-corrected chi connectivity index (χ3v) is 12.8. The van der Waals surface area contributed by atoms with Crippen LogP contribution in [0.1, 0.15) is 181 Å². The summed E-state index contributed by atoms with van der Waals surface area (Å²) in [6, 6.07) is 0. The molecule has 0 aromatic heterocycles. The molecule has 0 aromatic rings. The van der Waals surface area contributed by atoms with E-state index in [4.69, 9.17) is 18.5 Å². The Hall–Kier alpha value is -1.37. The number of hydrogen-bond donors (Lipinski definition) is 8. The highest BCUT2D eigenvalue weighted by Crippen LogP contribution is 2.51. The summed E-state index contributed by atoms with van der Waals surface area (Å²) < 4.78 is 65.4. The molecule has 0 radical (unpaired) electrons. The first kappa shape index (κ1) is 61.6. The third kappa shape index (κ3) is 32.1. The van der Waals surface area contributed by atoms with Gasteiger partial charge in [0, 0.05) is 12.8 Å². The van der Waals surface area contributed by atoms with Crippen LogP contribution in [0.25, 0.3) is 0 Å². The van der Waals surface area contributed by atoms with Crippen molar-refractivity contribution in [3.8, 4) is 0 Å². The van der Waals surface area contributed by atoms with Crippen molar-refractivity contribution in [2.75, 3.05) is 13.2 Å². The van der Waals surface area contributed by atoms with Gasteiger partial charge in [-0.15, -0.1) is 0 Å². The maximum Gasteiger partial charge on any atom is 0.472 e. The van der Waals surface area contributed by atoms with Crippen LogP contribution >= 0.6 is 23.5 Å². The number of phosphoric acid groups is 3. The molecule has 19 nitrogen and oxygen atoms in total. The minimum atomic E-state index is -5.60. The Balaban J connectivity index is 2.75. The van der Waals surface area contributed by atoms with Crippen molar-refractivity contribution >= 4 is 35.4 Å². The molecule has 8 atom stereocenters. The van der Waals surface area contributed by atoms with E-state index < -0.39 is 91.3 Å². The van der Waals surface area contributed by atoms with Crippen LogP contribution in [-0.4, -0.2) is 108 Å². The number of aliphatic hydroxyl groups excluding tert-OH is 3. The van der Waals surface area contributed by atoms with Crippen LogP contribution < -0.4 is 0 Å². The molecule has 0 amide bonds. The summed E-state index contributed by atoms with van der Waals surface area (Å²) in [6.45, 7) is 2.90. The number of hydrogen-bond acceptors (Lipinski definition) is 14. The van der Waals surface area contributed by atoms with Crippen LogP contribution in [0.3, 0.4) is 0 Å². The second-order valence-corrected chi connectivity index (χ2v) is 20.5. The number of aliphatic hydroxyl groups is 3. The van der Waals surface area contributed by atoms with E-state index in [2.05, 4.69) is 47.2 Å². The van der Waals surface area contributed by atoms with Crippen LogP contribution in [0.4, 0.5) is 0 Å². The second kappa shape index (κ2) is 35.7. The van der Waals surface area contributed by atoms with E-state index in [1.807, 2.05) is 0 Å². The highest BCUT2D eigenvalue weighted by molar-refractivity contribution is 7.47. The van der Waals surface area contributed by atoms with Crippen LogP contribution in [0.15, 0.2) is 24.3 Å². The molecule has 1 aliphatic carbocycles. The number of unbranched alkanes of at least 4 members (excludes halogenated alkanes) is 20. The van der Waals surface area contributed by atoms with Crippen LogP contribution in [-0.2, 0) is 50.9 Å². The van der Waals surface area contributed by atoms with Crippen molar-refractivity contribution in [2.45, 2.75) is 224 Å². The molecule has 0 heterocycles.